The number of benzene rings is 5. The second kappa shape index (κ2) is 13.6. The summed E-state index contributed by atoms with van der Waals surface area (Å²) in [4.78, 5) is 21.2. The average Bonchev–Trinajstić information content (AvgIpc) is 3.06. The topological polar surface area (TPSA) is 328 Å². The summed E-state index contributed by atoms with van der Waals surface area (Å²) < 4.78 is 102. The van der Waals surface area contributed by atoms with Crippen molar-refractivity contribution in [3.63, 3.8) is 0 Å². The van der Waals surface area contributed by atoms with Gasteiger partial charge in [0, 0.05) is 16.5 Å². The highest BCUT2D eigenvalue weighted by molar-refractivity contribution is 7.86. The van der Waals surface area contributed by atoms with Crippen molar-refractivity contribution in [3.05, 3.63) is 83.9 Å². The van der Waals surface area contributed by atoms with Gasteiger partial charge in [-0.15, -0.1) is 10.2 Å². The Morgan fingerprint density at radius 2 is 1.33 bits per heavy atom. The molecule has 23 heteroatoms. The Balaban J connectivity index is 1.50. The second-order valence-electron chi connectivity index (χ2n) is 11.3. The van der Waals surface area contributed by atoms with Crippen LogP contribution in [-0.4, -0.2) is 75.2 Å². The number of hydrogen-bond donors (Lipinski definition) is 8. The summed E-state index contributed by atoms with van der Waals surface area (Å²) in [7, 11) is -14.8. The van der Waals surface area contributed by atoms with Crippen molar-refractivity contribution in [3.8, 4) is 11.8 Å². The number of phenols is 1. The Hall–Kier alpha value is -6.37. The third-order valence-corrected chi connectivity index (χ3v) is 10.2. The lowest BCUT2D eigenvalue weighted by Crippen LogP contribution is -2.06. The van der Waals surface area contributed by atoms with Crippen LogP contribution in [0.15, 0.2) is 97.7 Å². The number of aromatic carboxylic acids is 1. The maximum atomic E-state index is 12.5. The number of fused-ring (bicyclic) bond motifs is 2. The largest absolute Gasteiger partial charge is 0.505 e. The van der Waals surface area contributed by atoms with Crippen LogP contribution in [0.5, 0.6) is 11.8 Å². The van der Waals surface area contributed by atoms with Crippen molar-refractivity contribution in [1.29, 1.82) is 0 Å². The van der Waals surface area contributed by atoms with Gasteiger partial charge in [-0.05, 0) is 66.2 Å². The number of carboxylic acids is 1. The highest BCUT2D eigenvalue weighted by Gasteiger charge is 2.26. The first kappa shape index (κ1) is 37.4. The molecule has 6 aromatic rings. The SMILES string of the molecule is Cc1ccc(N=Nc2c(S(=O)(=O)O)cc3cc(S(=O)(=O)O)cc(Nc4nc(O)nc(Nc5cccc6cc(S(=O)(=O)O)ccc56)n4)c3c2O)c(C(=O)O)c1. The van der Waals surface area contributed by atoms with Crippen LogP contribution >= 0.6 is 0 Å². The molecule has 0 aliphatic rings. The van der Waals surface area contributed by atoms with Crippen LogP contribution in [0.3, 0.4) is 0 Å². The molecule has 0 spiro atoms. The fraction of sp³-hybridized carbons (Fsp3) is 0.0323. The van der Waals surface area contributed by atoms with Crippen molar-refractivity contribution in [1.82, 2.24) is 15.0 Å². The van der Waals surface area contributed by atoms with Crippen LogP contribution in [0.2, 0.25) is 0 Å². The standard InChI is InChI=1S/C31H23N7O13S3/c1-14-5-8-22(20(9-14)28(40)41)37-38-26-24(54(49,50)51)12-16-11-18(53(46,47)48)13-23(25(16)27(26)39)33-30-34-29(35-31(42)36-30)32-21-4-2-3-15-10-17(52(43,44)45)6-7-19(15)21/h2-13,39H,1H3,(H,40,41)(H,43,44,45)(H,46,47,48)(H,49,50,51)(H3,32,33,34,35,36,42). The van der Waals surface area contributed by atoms with Gasteiger partial charge in [-0.2, -0.15) is 40.2 Å². The normalized spacial score (nSPS) is 12.4. The summed E-state index contributed by atoms with van der Waals surface area (Å²) in [5.74, 6) is -3.28. The number of phenolic OH excluding ortho intramolecular Hbond substituents is 1. The van der Waals surface area contributed by atoms with E-state index in [0.717, 1.165) is 18.2 Å². The lowest BCUT2D eigenvalue weighted by atomic mass is 10.1. The van der Waals surface area contributed by atoms with Crippen LogP contribution in [0.1, 0.15) is 15.9 Å². The van der Waals surface area contributed by atoms with Crippen molar-refractivity contribution in [2.45, 2.75) is 21.6 Å². The lowest BCUT2D eigenvalue weighted by molar-refractivity contribution is 0.0697. The highest BCUT2D eigenvalue weighted by atomic mass is 32.2. The first-order valence-corrected chi connectivity index (χ1v) is 19.0. The second-order valence-corrected chi connectivity index (χ2v) is 15.5. The van der Waals surface area contributed by atoms with E-state index in [0.29, 0.717) is 22.4 Å². The summed E-state index contributed by atoms with van der Waals surface area (Å²) in [6, 6.07) is 13.7. The Bertz CT molecular complexity index is 2940. The fourth-order valence-electron chi connectivity index (χ4n) is 5.26. The van der Waals surface area contributed by atoms with Crippen LogP contribution < -0.4 is 10.6 Å². The van der Waals surface area contributed by atoms with Crippen LogP contribution in [0.25, 0.3) is 21.5 Å². The summed E-state index contributed by atoms with van der Waals surface area (Å²) >= 11 is 0. The summed E-state index contributed by atoms with van der Waals surface area (Å²) in [5.41, 5.74) is -1.11. The summed E-state index contributed by atoms with van der Waals surface area (Å²) in [5, 5.41) is 44.3. The molecule has 6 rings (SSSR count). The van der Waals surface area contributed by atoms with Gasteiger partial charge in [0.05, 0.1) is 21.0 Å². The van der Waals surface area contributed by atoms with Gasteiger partial charge in [0.2, 0.25) is 11.9 Å². The zero-order chi connectivity index (χ0) is 39.3. The first-order chi connectivity index (χ1) is 25.2. The molecule has 0 bridgehead atoms. The number of nitrogens with one attached hydrogen (secondary N) is 2. The molecule has 20 nitrogen and oxygen atoms in total. The minimum absolute atomic E-state index is 0.264. The predicted octanol–water partition coefficient (Wildman–Crippen LogP) is 5.24. The summed E-state index contributed by atoms with van der Waals surface area (Å²) in [6.07, 6.45) is 0. The van der Waals surface area contributed by atoms with Crippen LogP contribution in [0.4, 0.5) is 34.6 Å². The van der Waals surface area contributed by atoms with E-state index in [1.807, 2.05) is 0 Å². The Morgan fingerprint density at radius 3 is 1.96 bits per heavy atom. The minimum atomic E-state index is -5.25. The first-order valence-electron chi connectivity index (χ1n) is 14.7. The van der Waals surface area contributed by atoms with Gasteiger partial charge in [0.1, 0.15) is 16.3 Å². The monoisotopic (exact) mass is 797 g/mol. The quantitative estimate of drug-likeness (QED) is 0.0649. The number of aromatic nitrogens is 3. The molecule has 0 saturated carbocycles. The highest BCUT2D eigenvalue weighted by Crippen LogP contribution is 2.46. The maximum Gasteiger partial charge on any atom is 0.337 e. The number of carboxylic acid groups (broad SMARTS) is 1. The molecule has 0 aliphatic carbocycles. The minimum Gasteiger partial charge on any atom is -0.505 e. The molecular weight excluding hydrogens is 775 g/mol. The molecule has 278 valence electrons. The van der Waals surface area contributed by atoms with E-state index in [1.54, 1.807) is 19.1 Å². The maximum absolute atomic E-state index is 12.5. The molecule has 1 heterocycles. The van der Waals surface area contributed by atoms with E-state index in [-0.39, 0.29) is 27.8 Å². The van der Waals surface area contributed by atoms with Crippen LogP contribution in [-0.2, 0) is 30.4 Å². The predicted molar refractivity (Wildman–Crippen MR) is 189 cm³/mol. The van der Waals surface area contributed by atoms with Gasteiger partial charge in [-0.3, -0.25) is 13.7 Å². The van der Waals surface area contributed by atoms with Crippen LogP contribution in [0, 0.1) is 6.92 Å². The van der Waals surface area contributed by atoms with Crippen molar-refractivity contribution in [2.75, 3.05) is 10.6 Å². The molecule has 0 atom stereocenters. The third kappa shape index (κ3) is 7.70. The van der Waals surface area contributed by atoms with Crippen molar-refractivity contribution in [2.24, 2.45) is 10.2 Å². The molecule has 8 N–H and O–H groups in total. The molecular formula is C31H23N7O13S3. The van der Waals surface area contributed by atoms with Gasteiger partial charge in [0.25, 0.3) is 30.4 Å². The van der Waals surface area contributed by atoms with E-state index in [4.69, 9.17) is 0 Å². The number of aromatic hydroxyl groups is 2. The summed E-state index contributed by atoms with van der Waals surface area (Å²) in [6.45, 7) is 1.60. The fourth-order valence-corrected chi connectivity index (χ4v) is 6.98. The van der Waals surface area contributed by atoms with Crippen molar-refractivity contribution < 1.29 is 59.0 Å². The van der Waals surface area contributed by atoms with Gasteiger partial charge in [-0.25, -0.2) is 4.79 Å². The number of carbonyl (C=O) groups is 1. The smallest absolute Gasteiger partial charge is 0.337 e. The molecule has 0 aliphatic heterocycles. The molecule has 5 aromatic carbocycles. The van der Waals surface area contributed by atoms with Crippen molar-refractivity contribution >= 4 is 92.5 Å². The Kier molecular flexibility index (Phi) is 9.39. The number of rotatable bonds is 10. The molecule has 0 fully saturated rings. The van der Waals surface area contributed by atoms with E-state index < -0.39 is 86.0 Å². The number of nitrogens with zero attached hydrogens (tertiary/aromatic N) is 5. The zero-order valence-corrected chi connectivity index (χ0v) is 29.4. The number of anilines is 4. The van der Waals surface area contributed by atoms with Gasteiger partial charge in [0.15, 0.2) is 5.75 Å². The number of azo groups is 1. The molecule has 0 amide bonds. The number of aryl methyl sites for hydroxylation is 1. The van der Waals surface area contributed by atoms with Gasteiger partial charge >= 0.3 is 12.0 Å². The molecule has 0 unspecified atom stereocenters. The van der Waals surface area contributed by atoms with Gasteiger partial charge in [-0.1, -0.05) is 29.8 Å². The molecule has 1 aromatic heterocycles. The zero-order valence-electron chi connectivity index (χ0n) is 26.9. The average molecular weight is 798 g/mol. The third-order valence-electron chi connectivity index (χ3n) is 7.61. The molecule has 0 saturated heterocycles. The molecule has 0 radical (unpaired) electrons. The molecule has 54 heavy (non-hydrogen) atoms. The Morgan fingerprint density at radius 1 is 0.685 bits per heavy atom. The van der Waals surface area contributed by atoms with Gasteiger partial charge < -0.3 is 26.0 Å². The van der Waals surface area contributed by atoms with E-state index in [9.17, 15) is 59.0 Å². The van der Waals surface area contributed by atoms with E-state index in [2.05, 4.69) is 35.8 Å². The Labute approximate surface area is 303 Å². The lowest BCUT2D eigenvalue weighted by Gasteiger charge is -2.15. The van der Waals surface area contributed by atoms with E-state index >= 15 is 0 Å². The number of hydrogen-bond acceptors (Lipinski definition) is 16. The van der Waals surface area contributed by atoms with E-state index in [1.165, 1.54) is 36.4 Å².